The van der Waals surface area contributed by atoms with Crippen LogP contribution >= 0.6 is 0 Å². The standard InChI is InChI=1S/C13H12N2O2/c1-17-13(16)12-11-9(6-7-14-12)8-4-2-3-5-10(8)15-11/h2-5,15H,6-7H2,1H3. The number of aromatic nitrogens is 1. The van der Waals surface area contributed by atoms with Crippen LogP contribution < -0.4 is 0 Å². The van der Waals surface area contributed by atoms with Gasteiger partial charge in [-0.3, -0.25) is 4.99 Å². The summed E-state index contributed by atoms with van der Waals surface area (Å²) in [6, 6.07) is 8.03. The third-order valence-corrected chi connectivity index (χ3v) is 3.06. The van der Waals surface area contributed by atoms with E-state index in [1.807, 2.05) is 18.2 Å². The fourth-order valence-corrected chi connectivity index (χ4v) is 2.28. The summed E-state index contributed by atoms with van der Waals surface area (Å²) in [4.78, 5) is 19.1. The number of aromatic amines is 1. The molecule has 2 aromatic rings. The summed E-state index contributed by atoms with van der Waals surface area (Å²) in [6.45, 7) is 0.638. The minimum absolute atomic E-state index is 0.377. The lowest BCUT2D eigenvalue weighted by atomic mass is 10.0. The first-order chi connectivity index (χ1) is 8.31. The quantitative estimate of drug-likeness (QED) is 0.755. The van der Waals surface area contributed by atoms with Gasteiger partial charge in [0.2, 0.25) is 0 Å². The van der Waals surface area contributed by atoms with Gasteiger partial charge < -0.3 is 9.72 Å². The number of esters is 1. The monoisotopic (exact) mass is 228 g/mol. The Morgan fingerprint density at radius 3 is 3.06 bits per heavy atom. The van der Waals surface area contributed by atoms with E-state index in [2.05, 4.69) is 16.0 Å². The molecule has 1 N–H and O–H groups in total. The molecule has 0 bridgehead atoms. The molecular formula is C13H12N2O2. The highest BCUT2D eigenvalue weighted by Gasteiger charge is 2.24. The molecule has 1 aliphatic rings. The number of carbonyl (C=O) groups excluding carboxylic acids is 1. The maximum absolute atomic E-state index is 11.6. The molecule has 0 spiro atoms. The number of hydrogen-bond acceptors (Lipinski definition) is 3. The zero-order chi connectivity index (χ0) is 11.8. The molecule has 0 unspecified atom stereocenters. The van der Waals surface area contributed by atoms with E-state index >= 15 is 0 Å². The van der Waals surface area contributed by atoms with Crippen LogP contribution in [0.5, 0.6) is 0 Å². The maximum Gasteiger partial charge on any atom is 0.358 e. The van der Waals surface area contributed by atoms with Crippen molar-refractivity contribution in [2.24, 2.45) is 4.99 Å². The number of nitrogens with one attached hydrogen (secondary N) is 1. The second-order valence-electron chi connectivity index (χ2n) is 4.00. The Morgan fingerprint density at radius 2 is 2.24 bits per heavy atom. The van der Waals surface area contributed by atoms with Gasteiger partial charge in [0.1, 0.15) is 0 Å². The van der Waals surface area contributed by atoms with Gasteiger partial charge in [0.15, 0.2) is 5.71 Å². The van der Waals surface area contributed by atoms with Crippen LogP contribution in [0.4, 0.5) is 0 Å². The molecule has 1 aromatic carbocycles. The smallest absolute Gasteiger partial charge is 0.358 e. The molecule has 0 aliphatic carbocycles. The molecule has 4 heteroatoms. The first-order valence-corrected chi connectivity index (χ1v) is 5.54. The molecule has 0 radical (unpaired) electrons. The van der Waals surface area contributed by atoms with Crippen molar-refractivity contribution >= 4 is 22.6 Å². The van der Waals surface area contributed by atoms with Crippen LogP contribution in [0, 0.1) is 0 Å². The number of H-pyrrole nitrogens is 1. The van der Waals surface area contributed by atoms with Crippen molar-refractivity contribution in [1.82, 2.24) is 4.98 Å². The van der Waals surface area contributed by atoms with Crippen molar-refractivity contribution in [3.8, 4) is 0 Å². The summed E-state index contributed by atoms with van der Waals surface area (Å²) >= 11 is 0. The fraction of sp³-hybridized carbons (Fsp3) is 0.231. The number of ether oxygens (including phenoxy) is 1. The Kier molecular flexibility index (Phi) is 2.21. The largest absolute Gasteiger partial charge is 0.464 e. The number of hydrogen-bond donors (Lipinski definition) is 1. The highest BCUT2D eigenvalue weighted by Crippen LogP contribution is 2.26. The van der Waals surface area contributed by atoms with Crippen LogP contribution in [0.2, 0.25) is 0 Å². The maximum atomic E-state index is 11.6. The van der Waals surface area contributed by atoms with Crippen molar-refractivity contribution in [2.75, 3.05) is 13.7 Å². The molecule has 0 saturated heterocycles. The second kappa shape index (κ2) is 3.73. The van der Waals surface area contributed by atoms with Crippen molar-refractivity contribution in [3.05, 3.63) is 35.5 Å². The lowest BCUT2D eigenvalue weighted by molar-refractivity contribution is -0.132. The van der Waals surface area contributed by atoms with E-state index < -0.39 is 0 Å². The third-order valence-electron chi connectivity index (χ3n) is 3.06. The third kappa shape index (κ3) is 1.45. The summed E-state index contributed by atoms with van der Waals surface area (Å²) in [5.74, 6) is -0.377. The predicted molar refractivity (Wildman–Crippen MR) is 65.4 cm³/mol. The van der Waals surface area contributed by atoms with Crippen LogP contribution in [0.1, 0.15) is 11.3 Å². The molecule has 0 saturated carbocycles. The van der Waals surface area contributed by atoms with Gasteiger partial charge in [-0.15, -0.1) is 0 Å². The van der Waals surface area contributed by atoms with E-state index in [-0.39, 0.29) is 5.97 Å². The van der Waals surface area contributed by atoms with E-state index in [0.29, 0.717) is 12.3 Å². The van der Waals surface area contributed by atoms with Gasteiger partial charge in [-0.1, -0.05) is 18.2 Å². The van der Waals surface area contributed by atoms with Gasteiger partial charge in [0.05, 0.1) is 12.8 Å². The van der Waals surface area contributed by atoms with E-state index in [1.54, 1.807) is 0 Å². The molecule has 3 rings (SSSR count). The molecule has 4 nitrogen and oxygen atoms in total. The van der Waals surface area contributed by atoms with E-state index in [1.165, 1.54) is 12.5 Å². The number of rotatable bonds is 1. The number of carbonyl (C=O) groups is 1. The van der Waals surface area contributed by atoms with Gasteiger partial charge in [-0.25, -0.2) is 4.79 Å². The van der Waals surface area contributed by atoms with Crippen molar-refractivity contribution in [1.29, 1.82) is 0 Å². The Balaban J connectivity index is 2.23. The summed E-state index contributed by atoms with van der Waals surface area (Å²) in [6.07, 6.45) is 0.861. The summed E-state index contributed by atoms with van der Waals surface area (Å²) < 4.78 is 4.75. The number of para-hydroxylation sites is 1. The van der Waals surface area contributed by atoms with E-state index in [9.17, 15) is 4.79 Å². The molecule has 86 valence electrons. The Morgan fingerprint density at radius 1 is 1.41 bits per heavy atom. The van der Waals surface area contributed by atoms with E-state index in [0.717, 1.165) is 23.2 Å². The number of nitrogens with zero attached hydrogens (tertiary/aromatic N) is 1. The zero-order valence-electron chi connectivity index (χ0n) is 9.49. The van der Waals surface area contributed by atoms with Crippen LogP contribution in [0.25, 0.3) is 10.9 Å². The number of methoxy groups -OCH3 is 1. The minimum atomic E-state index is -0.377. The first-order valence-electron chi connectivity index (χ1n) is 5.54. The van der Waals surface area contributed by atoms with Crippen molar-refractivity contribution in [3.63, 3.8) is 0 Å². The topological polar surface area (TPSA) is 54.4 Å². The van der Waals surface area contributed by atoms with Gasteiger partial charge in [0, 0.05) is 17.4 Å². The fourth-order valence-electron chi connectivity index (χ4n) is 2.28. The minimum Gasteiger partial charge on any atom is -0.464 e. The molecule has 1 aliphatic heterocycles. The summed E-state index contributed by atoms with van der Waals surface area (Å²) in [5.41, 5.74) is 3.42. The highest BCUT2D eigenvalue weighted by molar-refractivity contribution is 6.43. The van der Waals surface area contributed by atoms with E-state index in [4.69, 9.17) is 4.74 Å². The molecular weight excluding hydrogens is 216 g/mol. The molecule has 0 fully saturated rings. The molecule has 0 amide bonds. The van der Waals surface area contributed by atoms with Gasteiger partial charge >= 0.3 is 5.97 Å². The zero-order valence-corrected chi connectivity index (χ0v) is 9.49. The molecule has 0 atom stereocenters. The molecule has 17 heavy (non-hydrogen) atoms. The second-order valence-corrected chi connectivity index (χ2v) is 4.00. The predicted octanol–water partition coefficient (Wildman–Crippen LogP) is 1.69. The van der Waals surface area contributed by atoms with Gasteiger partial charge in [-0.2, -0.15) is 0 Å². The summed E-state index contributed by atoms with van der Waals surface area (Å²) in [7, 11) is 1.38. The average molecular weight is 228 g/mol. The number of benzene rings is 1. The van der Waals surface area contributed by atoms with Gasteiger partial charge in [0.25, 0.3) is 0 Å². The lowest BCUT2D eigenvalue weighted by Crippen LogP contribution is -2.22. The van der Waals surface area contributed by atoms with Gasteiger partial charge in [-0.05, 0) is 18.1 Å². The number of aliphatic imine (C=N–C) groups is 1. The summed E-state index contributed by atoms with van der Waals surface area (Å²) in [5, 5.41) is 1.17. The van der Waals surface area contributed by atoms with Crippen molar-refractivity contribution < 1.29 is 9.53 Å². The van der Waals surface area contributed by atoms with Crippen molar-refractivity contribution in [2.45, 2.75) is 6.42 Å². The Bertz CT molecular complexity index is 625. The lowest BCUT2D eigenvalue weighted by Gasteiger charge is -2.11. The van der Waals surface area contributed by atoms with Crippen LogP contribution in [-0.2, 0) is 16.0 Å². The SMILES string of the molecule is COC(=O)C1=NCCc2c1[nH]c1ccccc21. The normalized spacial score (nSPS) is 14.3. The molecule has 1 aromatic heterocycles. The number of fused-ring (bicyclic) bond motifs is 3. The molecule has 2 heterocycles. The first kappa shape index (κ1) is 10.1. The average Bonchev–Trinajstić information content (AvgIpc) is 2.76. The highest BCUT2D eigenvalue weighted by atomic mass is 16.5. The van der Waals surface area contributed by atoms with Crippen LogP contribution in [0.3, 0.4) is 0 Å². The van der Waals surface area contributed by atoms with Crippen LogP contribution in [0.15, 0.2) is 29.3 Å². The Labute approximate surface area is 98.3 Å². The Hall–Kier alpha value is -2.10. The van der Waals surface area contributed by atoms with Crippen LogP contribution in [-0.4, -0.2) is 30.3 Å².